The summed E-state index contributed by atoms with van der Waals surface area (Å²) >= 11 is 0. The predicted octanol–water partition coefficient (Wildman–Crippen LogP) is 4.07. The highest BCUT2D eigenvalue weighted by molar-refractivity contribution is 5.81. The monoisotopic (exact) mass is 344 g/mol. The summed E-state index contributed by atoms with van der Waals surface area (Å²) in [4.78, 5) is 12.5. The Balaban J connectivity index is 1.69. The van der Waals surface area contributed by atoms with Gasteiger partial charge in [0.2, 0.25) is 5.91 Å². The molecule has 1 unspecified atom stereocenters. The molecule has 1 atom stereocenters. The molecule has 26 heavy (non-hydrogen) atoms. The minimum atomic E-state index is -0.316. The first kappa shape index (κ1) is 17.9. The molecule has 1 amide bonds. The van der Waals surface area contributed by atoms with Crippen LogP contribution in [0.2, 0.25) is 0 Å². The molecule has 0 aliphatic heterocycles. The third-order valence-electron chi connectivity index (χ3n) is 4.39. The number of benzene rings is 3. The van der Waals surface area contributed by atoms with Gasteiger partial charge in [-0.15, -0.1) is 0 Å². The largest absolute Gasteiger partial charge is 0.351 e. The summed E-state index contributed by atoms with van der Waals surface area (Å²) in [6.07, 6.45) is 0. The van der Waals surface area contributed by atoms with Gasteiger partial charge in [0.1, 0.15) is 0 Å². The van der Waals surface area contributed by atoms with Crippen LogP contribution >= 0.6 is 0 Å². The molecule has 3 nitrogen and oxygen atoms in total. The Kier molecular flexibility index (Phi) is 6.18. The van der Waals surface area contributed by atoms with Crippen LogP contribution in [0.3, 0.4) is 0 Å². The van der Waals surface area contributed by atoms with Crippen LogP contribution in [-0.2, 0) is 11.3 Å². The van der Waals surface area contributed by atoms with Crippen LogP contribution in [0.5, 0.6) is 0 Å². The Morgan fingerprint density at radius 2 is 1.23 bits per heavy atom. The van der Waals surface area contributed by atoms with Crippen molar-refractivity contribution in [3.8, 4) is 0 Å². The van der Waals surface area contributed by atoms with Gasteiger partial charge in [-0.25, -0.2) is 0 Å². The molecule has 0 heterocycles. The van der Waals surface area contributed by atoms with Crippen molar-refractivity contribution in [2.45, 2.75) is 25.6 Å². The summed E-state index contributed by atoms with van der Waals surface area (Å²) in [6.45, 7) is 2.44. The van der Waals surface area contributed by atoms with E-state index in [-0.39, 0.29) is 18.0 Å². The topological polar surface area (TPSA) is 41.1 Å². The van der Waals surface area contributed by atoms with E-state index in [1.54, 1.807) is 0 Å². The fourth-order valence-corrected chi connectivity index (χ4v) is 2.94. The van der Waals surface area contributed by atoms with E-state index in [9.17, 15) is 4.79 Å². The average Bonchev–Trinajstić information content (AvgIpc) is 2.72. The van der Waals surface area contributed by atoms with Crippen LogP contribution in [0.4, 0.5) is 0 Å². The summed E-state index contributed by atoms with van der Waals surface area (Å²) < 4.78 is 0. The number of carbonyl (C=O) groups excluding carboxylic acids is 1. The van der Waals surface area contributed by atoms with Gasteiger partial charge in [-0.05, 0) is 23.6 Å². The van der Waals surface area contributed by atoms with Crippen LogP contribution in [0.15, 0.2) is 91.0 Å². The summed E-state index contributed by atoms with van der Waals surface area (Å²) in [5.74, 6) is -0.00860. The fraction of sp³-hybridized carbons (Fsp3) is 0.174. The van der Waals surface area contributed by atoms with E-state index in [2.05, 4.69) is 34.9 Å². The van der Waals surface area contributed by atoms with Gasteiger partial charge in [0.15, 0.2) is 0 Å². The van der Waals surface area contributed by atoms with E-state index in [0.717, 1.165) is 16.7 Å². The van der Waals surface area contributed by atoms with Gasteiger partial charge >= 0.3 is 0 Å². The SMILES string of the molecule is CC(NC(c1ccccc1)c1ccccc1)C(=O)NCc1ccccc1. The van der Waals surface area contributed by atoms with Crippen LogP contribution in [0, 0.1) is 0 Å². The molecular formula is C23H24N2O. The number of nitrogens with one attached hydrogen (secondary N) is 2. The van der Waals surface area contributed by atoms with Crippen LogP contribution < -0.4 is 10.6 Å². The number of amides is 1. The summed E-state index contributed by atoms with van der Waals surface area (Å²) in [7, 11) is 0. The standard InChI is InChI=1S/C23H24N2O/c1-18(23(26)24-17-19-11-5-2-6-12-19)25-22(20-13-7-3-8-14-20)21-15-9-4-10-16-21/h2-16,18,22,25H,17H2,1H3,(H,24,26). The smallest absolute Gasteiger partial charge is 0.237 e. The van der Waals surface area contributed by atoms with E-state index < -0.39 is 0 Å². The van der Waals surface area contributed by atoms with Crippen LogP contribution in [0.1, 0.15) is 29.7 Å². The minimum Gasteiger partial charge on any atom is -0.351 e. The van der Waals surface area contributed by atoms with Crippen LogP contribution in [-0.4, -0.2) is 11.9 Å². The highest BCUT2D eigenvalue weighted by Crippen LogP contribution is 2.22. The average molecular weight is 344 g/mol. The van der Waals surface area contributed by atoms with Gasteiger partial charge < -0.3 is 5.32 Å². The normalized spacial score (nSPS) is 11.9. The van der Waals surface area contributed by atoms with Crippen molar-refractivity contribution in [1.82, 2.24) is 10.6 Å². The first-order chi connectivity index (χ1) is 12.7. The molecule has 3 aromatic rings. The number of rotatable bonds is 7. The third kappa shape index (κ3) is 4.80. The molecule has 0 aliphatic carbocycles. The predicted molar refractivity (Wildman–Crippen MR) is 106 cm³/mol. The highest BCUT2D eigenvalue weighted by Gasteiger charge is 2.20. The Labute approximate surface area is 155 Å². The Hall–Kier alpha value is -2.91. The van der Waals surface area contributed by atoms with Crippen molar-refractivity contribution in [2.24, 2.45) is 0 Å². The fourth-order valence-electron chi connectivity index (χ4n) is 2.94. The van der Waals surface area contributed by atoms with Gasteiger partial charge in [0.25, 0.3) is 0 Å². The molecule has 0 fully saturated rings. The van der Waals surface area contributed by atoms with Crippen LogP contribution in [0.25, 0.3) is 0 Å². The molecular weight excluding hydrogens is 320 g/mol. The molecule has 3 heteroatoms. The lowest BCUT2D eigenvalue weighted by Gasteiger charge is -2.24. The highest BCUT2D eigenvalue weighted by atomic mass is 16.2. The first-order valence-corrected chi connectivity index (χ1v) is 8.91. The number of hydrogen-bond donors (Lipinski definition) is 2. The van der Waals surface area contributed by atoms with Gasteiger partial charge in [-0.3, -0.25) is 10.1 Å². The first-order valence-electron chi connectivity index (χ1n) is 8.91. The molecule has 3 rings (SSSR count). The van der Waals surface area contributed by atoms with Crippen molar-refractivity contribution >= 4 is 5.91 Å². The second kappa shape index (κ2) is 8.97. The van der Waals surface area contributed by atoms with Gasteiger partial charge in [0, 0.05) is 6.54 Å². The van der Waals surface area contributed by atoms with Gasteiger partial charge in [0.05, 0.1) is 12.1 Å². The Morgan fingerprint density at radius 3 is 1.73 bits per heavy atom. The second-order valence-corrected chi connectivity index (χ2v) is 6.35. The molecule has 0 spiro atoms. The summed E-state index contributed by atoms with van der Waals surface area (Å²) in [6, 6.07) is 30.0. The molecule has 0 saturated heterocycles. The van der Waals surface area contributed by atoms with Crippen molar-refractivity contribution in [3.63, 3.8) is 0 Å². The Bertz CT molecular complexity index is 764. The van der Waals surface area contributed by atoms with Crippen molar-refractivity contribution in [3.05, 3.63) is 108 Å². The zero-order chi connectivity index (χ0) is 18.2. The third-order valence-corrected chi connectivity index (χ3v) is 4.39. The maximum atomic E-state index is 12.5. The minimum absolute atomic E-state index is 0.00860. The number of hydrogen-bond acceptors (Lipinski definition) is 2. The molecule has 0 bridgehead atoms. The van der Waals surface area contributed by atoms with Crippen molar-refractivity contribution < 1.29 is 4.79 Å². The second-order valence-electron chi connectivity index (χ2n) is 6.35. The lowest BCUT2D eigenvalue weighted by molar-refractivity contribution is -0.123. The zero-order valence-electron chi connectivity index (χ0n) is 14.9. The lowest BCUT2D eigenvalue weighted by atomic mass is 9.98. The molecule has 0 aliphatic rings. The van der Waals surface area contributed by atoms with E-state index in [1.807, 2.05) is 73.7 Å². The zero-order valence-corrected chi connectivity index (χ0v) is 14.9. The molecule has 2 N–H and O–H groups in total. The molecule has 132 valence electrons. The van der Waals surface area contributed by atoms with Crippen molar-refractivity contribution in [1.29, 1.82) is 0 Å². The quantitative estimate of drug-likeness (QED) is 0.678. The van der Waals surface area contributed by atoms with Crippen molar-refractivity contribution in [2.75, 3.05) is 0 Å². The van der Waals surface area contributed by atoms with E-state index in [4.69, 9.17) is 0 Å². The molecule has 0 radical (unpaired) electrons. The van der Waals surface area contributed by atoms with E-state index in [0.29, 0.717) is 6.54 Å². The summed E-state index contributed by atoms with van der Waals surface area (Å²) in [5, 5.41) is 6.48. The Morgan fingerprint density at radius 1 is 0.769 bits per heavy atom. The number of carbonyl (C=O) groups is 1. The maximum absolute atomic E-state index is 12.5. The van der Waals surface area contributed by atoms with E-state index >= 15 is 0 Å². The summed E-state index contributed by atoms with van der Waals surface area (Å²) in [5.41, 5.74) is 3.37. The lowest BCUT2D eigenvalue weighted by Crippen LogP contribution is -2.43. The molecule has 0 saturated carbocycles. The van der Waals surface area contributed by atoms with E-state index in [1.165, 1.54) is 0 Å². The molecule has 3 aromatic carbocycles. The van der Waals surface area contributed by atoms with Gasteiger partial charge in [-0.2, -0.15) is 0 Å². The maximum Gasteiger partial charge on any atom is 0.237 e. The molecule has 0 aromatic heterocycles. The van der Waals surface area contributed by atoms with Gasteiger partial charge in [-0.1, -0.05) is 91.0 Å².